The zero-order valence-electron chi connectivity index (χ0n) is 9.91. The molecule has 1 heterocycles. The second-order valence-corrected chi connectivity index (χ2v) is 4.76. The number of hydrogen-bond acceptors (Lipinski definition) is 3. The van der Waals surface area contributed by atoms with Crippen molar-refractivity contribution in [2.45, 2.75) is 18.9 Å². The van der Waals surface area contributed by atoms with Crippen molar-refractivity contribution in [2.24, 2.45) is 0 Å². The molecule has 1 N–H and O–H groups in total. The highest BCUT2D eigenvalue weighted by Crippen LogP contribution is 2.30. The fourth-order valence-corrected chi connectivity index (χ4v) is 2.60. The molecule has 4 heteroatoms. The first-order valence-corrected chi connectivity index (χ1v) is 6.25. The monoisotopic (exact) mass is 249 g/mol. The highest BCUT2D eigenvalue weighted by Gasteiger charge is 2.25. The van der Waals surface area contributed by atoms with Crippen LogP contribution in [0.25, 0.3) is 0 Å². The number of likely N-dealkylation sites (N-methyl/N-ethyl adjacent to an activating group) is 1. The van der Waals surface area contributed by atoms with E-state index in [9.17, 15) is 0 Å². The Labute approximate surface area is 107 Å². The largest absolute Gasteiger partial charge is 0.366 e. The number of rotatable bonds is 3. The quantitative estimate of drug-likeness (QED) is 0.894. The van der Waals surface area contributed by atoms with Gasteiger partial charge < -0.3 is 10.2 Å². The van der Waals surface area contributed by atoms with Crippen molar-refractivity contribution >= 4 is 17.3 Å². The third-order valence-corrected chi connectivity index (χ3v) is 3.44. The van der Waals surface area contributed by atoms with Crippen LogP contribution in [-0.2, 0) is 0 Å². The zero-order chi connectivity index (χ0) is 12.3. The maximum atomic E-state index is 9.15. The normalized spacial score (nSPS) is 19.4. The highest BCUT2D eigenvalue weighted by atomic mass is 35.5. The number of hydrogen-bond donors (Lipinski definition) is 1. The van der Waals surface area contributed by atoms with E-state index in [0.29, 0.717) is 16.6 Å². The van der Waals surface area contributed by atoms with E-state index in [1.165, 1.54) is 6.42 Å². The van der Waals surface area contributed by atoms with Gasteiger partial charge in [0.1, 0.15) is 6.07 Å². The summed E-state index contributed by atoms with van der Waals surface area (Å²) in [5, 5.41) is 13.0. The third-order valence-electron chi connectivity index (χ3n) is 3.21. The predicted molar refractivity (Wildman–Crippen MR) is 70.5 cm³/mol. The molecule has 2 rings (SSSR count). The second kappa shape index (κ2) is 5.39. The van der Waals surface area contributed by atoms with Crippen LogP contribution >= 0.6 is 11.6 Å². The lowest BCUT2D eigenvalue weighted by Gasteiger charge is -2.27. The zero-order valence-corrected chi connectivity index (χ0v) is 10.7. The summed E-state index contributed by atoms with van der Waals surface area (Å²) in [4.78, 5) is 2.29. The van der Waals surface area contributed by atoms with Crippen molar-refractivity contribution in [1.82, 2.24) is 5.32 Å². The van der Waals surface area contributed by atoms with Crippen LogP contribution in [0.15, 0.2) is 18.2 Å². The van der Waals surface area contributed by atoms with Gasteiger partial charge in [-0.2, -0.15) is 5.26 Å². The Hall–Kier alpha value is -1.24. The molecule has 0 bridgehead atoms. The summed E-state index contributed by atoms with van der Waals surface area (Å²) in [6.07, 6.45) is 2.34. The van der Waals surface area contributed by atoms with Gasteiger partial charge in [0.2, 0.25) is 0 Å². The fourth-order valence-electron chi connectivity index (χ4n) is 2.44. The van der Waals surface area contributed by atoms with Gasteiger partial charge in [-0.3, -0.25) is 0 Å². The molecule has 1 saturated heterocycles. The van der Waals surface area contributed by atoms with E-state index in [1.807, 2.05) is 13.1 Å². The van der Waals surface area contributed by atoms with Crippen LogP contribution in [0, 0.1) is 11.3 Å². The van der Waals surface area contributed by atoms with Crippen molar-refractivity contribution in [3.8, 4) is 6.07 Å². The molecule has 0 spiro atoms. The molecular weight excluding hydrogens is 234 g/mol. The van der Waals surface area contributed by atoms with Gasteiger partial charge in [-0.15, -0.1) is 0 Å². The van der Waals surface area contributed by atoms with E-state index in [4.69, 9.17) is 16.9 Å². The highest BCUT2D eigenvalue weighted by molar-refractivity contribution is 6.30. The van der Waals surface area contributed by atoms with Crippen molar-refractivity contribution in [3.05, 3.63) is 28.8 Å². The Bertz CT molecular complexity index is 439. The summed E-state index contributed by atoms with van der Waals surface area (Å²) in [5.41, 5.74) is 1.68. The molecule has 0 aromatic heterocycles. The number of anilines is 1. The van der Waals surface area contributed by atoms with Crippen molar-refractivity contribution in [1.29, 1.82) is 5.26 Å². The number of nitrogens with zero attached hydrogens (tertiary/aromatic N) is 2. The van der Waals surface area contributed by atoms with Crippen molar-refractivity contribution in [2.75, 3.05) is 25.0 Å². The maximum absolute atomic E-state index is 9.15. The van der Waals surface area contributed by atoms with E-state index in [1.54, 1.807) is 12.1 Å². The molecule has 0 amide bonds. The Morgan fingerprint density at radius 1 is 1.59 bits per heavy atom. The minimum Gasteiger partial charge on any atom is -0.366 e. The second-order valence-electron chi connectivity index (χ2n) is 4.32. The molecule has 1 unspecified atom stereocenters. The molecule has 17 heavy (non-hydrogen) atoms. The topological polar surface area (TPSA) is 39.1 Å². The molecule has 1 aliphatic rings. The van der Waals surface area contributed by atoms with Crippen molar-refractivity contribution < 1.29 is 0 Å². The summed E-state index contributed by atoms with van der Waals surface area (Å²) < 4.78 is 0. The molecule has 1 atom stereocenters. The van der Waals surface area contributed by atoms with E-state index in [-0.39, 0.29) is 0 Å². The van der Waals surface area contributed by atoms with Crippen LogP contribution in [0.3, 0.4) is 0 Å². The molecule has 3 nitrogen and oxygen atoms in total. The Balaban J connectivity index is 2.32. The fraction of sp³-hybridized carbons (Fsp3) is 0.462. The van der Waals surface area contributed by atoms with Gasteiger partial charge in [0.05, 0.1) is 11.3 Å². The van der Waals surface area contributed by atoms with Gasteiger partial charge in [-0.25, -0.2) is 0 Å². The average Bonchev–Trinajstić information content (AvgIpc) is 2.77. The number of nitriles is 1. The molecule has 0 aliphatic carbocycles. The van der Waals surface area contributed by atoms with Gasteiger partial charge in [-0.05, 0) is 38.1 Å². The third kappa shape index (κ3) is 2.54. The molecule has 1 fully saturated rings. The van der Waals surface area contributed by atoms with E-state index in [0.717, 1.165) is 25.2 Å². The van der Waals surface area contributed by atoms with Crippen molar-refractivity contribution in [3.63, 3.8) is 0 Å². The summed E-state index contributed by atoms with van der Waals surface area (Å²) >= 11 is 6.03. The van der Waals surface area contributed by atoms with E-state index < -0.39 is 0 Å². The number of halogens is 1. The van der Waals surface area contributed by atoms with E-state index in [2.05, 4.69) is 16.3 Å². The minimum absolute atomic E-state index is 0.463. The van der Waals surface area contributed by atoms with Gasteiger partial charge in [0.25, 0.3) is 0 Å². The Morgan fingerprint density at radius 2 is 2.41 bits per heavy atom. The molecule has 90 valence electrons. The van der Waals surface area contributed by atoms with Crippen LogP contribution in [0.1, 0.15) is 18.4 Å². The lowest BCUT2D eigenvalue weighted by Crippen LogP contribution is -2.37. The van der Waals surface area contributed by atoms with Crippen LogP contribution in [0.2, 0.25) is 5.02 Å². The van der Waals surface area contributed by atoms with Crippen LogP contribution in [-0.4, -0.2) is 26.2 Å². The van der Waals surface area contributed by atoms with Crippen LogP contribution in [0.5, 0.6) is 0 Å². The molecule has 1 aliphatic heterocycles. The summed E-state index contributed by atoms with van der Waals surface area (Å²) in [6, 6.07) is 8.17. The number of nitrogens with one attached hydrogen (secondary N) is 1. The van der Waals surface area contributed by atoms with E-state index >= 15 is 0 Å². The van der Waals surface area contributed by atoms with Gasteiger partial charge >= 0.3 is 0 Å². The van der Waals surface area contributed by atoms with Crippen LogP contribution in [0.4, 0.5) is 5.69 Å². The first-order chi connectivity index (χ1) is 8.26. The smallest absolute Gasteiger partial charge is 0.101 e. The average molecular weight is 250 g/mol. The lowest BCUT2D eigenvalue weighted by atomic mass is 10.1. The van der Waals surface area contributed by atoms with Crippen LogP contribution < -0.4 is 10.2 Å². The van der Waals surface area contributed by atoms with Gasteiger partial charge in [0.15, 0.2) is 0 Å². The molecule has 1 aromatic rings. The minimum atomic E-state index is 0.463. The SMILES string of the molecule is CNCC1CCCN1c1cc(Cl)ccc1C#N. The Kier molecular flexibility index (Phi) is 3.88. The lowest BCUT2D eigenvalue weighted by molar-refractivity contribution is 0.615. The first kappa shape index (κ1) is 12.2. The maximum Gasteiger partial charge on any atom is 0.101 e. The summed E-state index contributed by atoms with van der Waals surface area (Å²) in [7, 11) is 1.96. The first-order valence-electron chi connectivity index (χ1n) is 5.87. The molecular formula is C13H16ClN3. The predicted octanol–water partition coefficient (Wildman–Crippen LogP) is 2.40. The van der Waals surface area contributed by atoms with Gasteiger partial charge in [0, 0.05) is 24.2 Å². The van der Waals surface area contributed by atoms with Gasteiger partial charge in [-0.1, -0.05) is 11.6 Å². The molecule has 1 aromatic carbocycles. The molecule has 0 saturated carbocycles. The number of benzene rings is 1. The summed E-state index contributed by atoms with van der Waals surface area (Å²) in [6.45, 7) is 1.94. The summed E-state index contributed by atoms with van der Waals surface area (Å²) in [5.74, 6) is 0. The Morgan fingerprint density at radius 3 is 3.12 bits per heavy atom. The molecule has 0 radical (unpaired) electrons. The standard InChI is InChI=1S/C13H16ClN3/c1-16-9-12-3-2-6-17(12)13-7-11(14)5-4-10(13)8-15/h4-5,7,12,16H,2-3,6,9H2,1H3.